The van der Waals surface area contributed by atoms with Crippen LogP contribution >= 0.6 is 0 Å². The lowest BCUT2D eigenvalue weighted by molar-refractivity contribution is -0.139. The molecule has 0 saturated heterocycles. The quantitative estimate of drug-likeness (QED) is 0.526. The highest BCUT2D eigenvalue weighted by Crippen LogP contribution is 2.38. The molecule has 1 N–H and O–H groups in total. The first kappa shape index (κ1) is 17.6. The second-order valence-electron chi connectivity index (χ2n) is 6.59. The zero-order valence-corrected chi connectivity index (χ0v) is 13.9. The molecule has 0 fully saturated rings. The van der Waals surface area contributed by atoms with Gasteiger partial charge in [-0.3, -0.25) is 4.79 Å². The molecule has 0 radical (unpaired) electrons. The van der Waals surface area contributed by atoms with E-state index in [-0.39, 0.29) is 17.6 Å². The number of carboxylic acid groups (broad SMARTS) is 1. The third kappa shape index (κ3) is 6.54. The van der Waals surface area contributed by atoms with E-state index in [1.54, 1.807) is 0 Å². The van der Waals surface area contributed by atoms with Crippen LogP contribution in [0.3, 0.4) is 0 Å². The Morgan fingerprint density at radius 3 is 2.22 bits per heavy atom. The molecule has 0 saturated carbocycles. The topological polar surface area (TPSA) is 46.5 Å². The molecule has 18 heavy (non-hydrogen) atoms. The predicted octanol–water partition coefficient (Wildman–Crippen LogP) is 4.43. The van der Waals surface area contributed by atoms with Crippen molar-refractivity contribution in [1.82, 2.24) is 0 Å². The summed E-state index contributed by atoms with van der Waals surface area (Å²) in [6, 6.07) is 0. The van der Waals surface area contributed by atoms with Crippen LogP contribution in [-0.4, -0.2) is 25.5 Å². The summed E-state index contributed by atoms with van der Waals surface area (Å²) < 4.78 is 6.22. The van der Waals surface area contributed by atoms with Gasteiger partial charge in [-0.2, -0.15) is 0 Å². The minimum Gasteiger partial charge on any atom is -0.481 e. The van der Waals surface area contributed by atoms with Crippen LogP contribution in [0.2, 0.25) is 18.1 Å². The lowest BCUT2D eigenvalue weighted by Crippen LogP contribution is -2.44. The van der Waals surface area contributed by atoms with Crippen LogP contribution < -0.4 is 0 Å². The zero-order chi connectivity index (χ0) is 14.4. The number of rotatable bonds is 8. The van der Waals surface area contributed by atoms with E-state index in [4.69, 9.17) is 9.53 Å². The van der Waals surface area contributed by atoms with Crippen LogP contribution in [0.5, 0.6) is 0 Å². The van der Waals surface area contributed by atoms with E-state index in [0.717, 1.165) is 25.7 Å². The molecule has 0 aromatic carbocycles. The first-order chi connectivity index (χ1) is 8.10. The Kier molecular flexibility index (Phi) is 7.15. The summed E-state index contributed by atoms with van der Waals surface area (Å²) in [5, 5.41) is 9.11. The van der Waals surface area contributed by atoms with Gasteiger partial charge in [-0.25, -0.2) is 0 Å². The Morgan fingerprint density at radius 1 is 1.28 bits per heavy atom. The van der Waals surface area contributed by atoms with Crippen molar-refractivity contribution in [2.75, 3.05) is 0 Å². The molecule has 0 rings (SSSR count). The van der Waals surface area contributed by atoms with Crippen molar-refractivity contribution >= 4 is 14.3 Å². The number of carboxylic acids is 1. The molecule has 4 heteroatoms. The van der Waals surface area contributed by atoms with Crippen LogP contribution in [0.25, 0.3) is 0 Å². The minimum absolute atomic E-state index is 0.116. The third-order valence-electron chi connectivity index (χ3n) is 3.80. The van der Waals surface area contributed by atoms with Gasteiger partial charge < -0.3 is 9.53 Å². The lowest BCUT2D eigenvalue weighted by Gasteiger charge is -2.39. The molecule has 0 heterocycles. The van der Waals surface area contributed by atoms with Gasteiger partial charge in [0.25, 0.3) is 0 Å². The molecule has 0 aliphatic heterocycles. The summed E-state index contributed by atoms with van der Waals surface area (Å²) in [5.74, 6) is -0.754. The predicted molar refractivity (Wildman–Crippen MR) is 78.5 cm³/mol. The highest BCUT2D eigenvalue weighted by atomic mass is 28.4. The van der Waals surface area contributed by atoms with Crippen molar-refractivity contribution in [2.24, 2.45) is 0 Å². The van der Waals surface area contributed by atoms with Crippen LogP contribution in [0.15, 0.2) is 0 Å². The van der Waals surface area contributed by atoms with Crippen molar-refractivity contribution in [2.45, 2.75) is 84.0 Å². The maximum Gasteiger partial charge on any atom is 0.305 e. The number of hydrogen-bond acceptors (Lipinski definition) is 2. The van der Waals surface area contributed by atoms with Gasteiger partial charge in [0.05, 0.1) is 12.5 Å². The number of aliphatic carboxylic acids is 1. The van der Waals surface area contributed by atoms with Gasteiger partial charge in [0, 0.05) is 0 Å². The Labute approximate surface area is 113 Å². The summed E-state index contributed by atoms with van der Waals surface area (Å²) in [5.41, 5.74) is 0. The monoisotopic (exact) mass is 274 g/mol. The van der Waals surface area contributed by atoms with Crippen molar-refractivity contribution < 1.29 is 14.3 Å². The fourth-order valence-corrected chi connectivity index (χ4v) is 3.00. The van der Waals surface area contributed by atoms with Gasteiger partial charge in [-0.15, -0.1) is 0 Å². The van der Waals surface area contributed by atoms with E-state index in [1.807, 2.05) is 0 Å². The highest BCUT2D eigenvalue weighted by molar-refractivity contribution is 6.74. The minimum atomic E-state index is -1.86. The van der Waals surface area contributed by atoms with Crippen LogP contribution in [0.4, 0.5) is 0 Å². The highest BCUT2D eigenvalue weighted by Gasteiger charge is 2.39. The number of hydrogen-bond donors (Lipinski definition) is 1. The normalized spacial score (nSPS) is 14.6. The van der Waals surface area contributed by atoms with Gasteiger partial charge in [0.15, 0.2) is 8.32 Å². The summed E-state index contributed by atoms with van der Waals surface area (Å²) in [4.78, 5) is 10.9. The fourth-order valence-electron chi connectivity index (χ4n) is 1.61. The van der Waals surface area contributed by atoms with Gasteiger partial charge >= 0.3 is 5.97 Å². The van der Waals surface area contributed by atoms with Gasteiger partial charge in [-0.1, -0.05) is 47.0 Å². The fraction of sp³-hybridized carbons (Fsp3) is 0.929. The molecule has 1 atom stereocenters. The molecule has 108 valence electrons. The molecule has 0 spiro atoms. The summed E-state index contributed by atoms with van der Waals surface area (Å²) >= 11 is 0. The smallest absolute Gasteiger partial charge is 0.305 e. The molecule has 0 aliphatic carbocycles. The average Bonchev–Trinajstić information content (AvgIpc) is 2.14. The van der Waals surface area contributed by atoms with Gasteiger partial charge in [-0.05, 0) is 24.6 Å². The van der Waals surface area contributed by atoms with E-state index >= 15 is 0 Å². The molecule has 0 aromatic heterocycles. The van der Waals surface area contributed by atoms with E-state index in [0.29, 0.717) is 0 Å². The Bertz CT molecular complexity index is 256. The van der Waals surface area contributed by atoms with Crippen LogP contribution in [0, 0.1) is 0 Å². The maximum absolute atomic E-state index is 10.9. The van der Waals surface area contributed by atoms with Crippen LogP contribution in [0.1, 0.15) is 59.8 Å². The van der Waals surface area contributed by atoms with Gasteiger partial charge in [0.1, 0.15) is 0 Å². The molecule has 1 unspecified atom stereocenters. The summed E-state index contributed by atoms with van der Waals surface area (Å²) in [6.07, 6.45) is 4.25. The van der Waals surface area contributed by atoms with Crippen molar-refractivity contribution in [3.8, 4) is 0 Å². The average molecular weight is 274 g/mol. The van der Waals surface area contributed by atoms with Gasteiger partial charge in [0.2, 0.25) is 0 Å². The van der Waals surface area contributed by atoms with E-state index in [1.165, 1.54) is 0 Å². The van der Waals surface area contributed by atoms with Crippen molar-refractivity contribution in [1.29, 1.82) is 0 Å². The first-order valence-corrected chi connectivity index (χ1v) is 9.90. The Hall–Kier alpha value is -0.353. The molecule has 0 aromatic rings. The second-order valence-corrected chi connectivity index (χ2v) is 11.4. The number of carbonyl (C=O) groups is 1. The maximum atomic E-state index is 10.9. The molecule has 0 amide bonds. The Balaban J connectivity index is 4.52. The van der Waals surface area contributed by atoms with Crippen molar-refractivity contribution in [3.63, 3.8) is 0 Å². The molecule has 3 nitrogen and oxygen atoms in total. The zero-order valence-electron chi connectivity index (χ0n) is 12.9. The van der Waals surface area contributed by atoms with E-state index in [9.17, 15) is 4.79 Å². The standard InChI is InChI=1S/C14H30O3Si/c1-7-8-9-10-12(11-13(15)16)17-18(5,6)14(2,3)4/h12H,7-11H2,1-6H3,(H,15,16). The van der Waals surface area contributed by atoms with E-state index < -0.39 is 14.3 Å². The first-order valence-electron chi connectivity index (χ1n) is 6.99. The van der Waals surface area contributed by atoms with Crippen molar-refractivity contribution in [3.05, 3.63) is 0 Å². The van der Waals surface area contributed by atoms with E-state index in [2.05, 4.69) is 40.8 Å². The second kappa shape index (κ2) is 7.29. The third-order valence-corrected chi connectivity index (χ3v) is 8.33. The van der Waals surface area contributed by atoms with Crippen LogP contribution in [-0.2, 0) is 9.22 Å². The number of unbranched alkanes of at least 4 members (excludes halogenated alkanes) is 2. The molecule has 0 bridgehead atoms. The molecule has 0 aliphatic rings. The SMILES string of the molecule is CCCCCC(CC(=O)O)O[Si](C)(C)C(C)(C)C. The molecular weight excluding hydrogens is 244 g/mol. The largest absolute Gasteiger partial charge is 0.481 e. The Morgan fingerprint density at radius 2 is 1.83 bits per heavy atom. The lowest BCUT2D eigenvalue weighted by atomic mass is 10.1. The summed E-state index contributed by atoms with van der Waals surface area (Å²) in [6.45, 7) is 13.1. The summed E-state index contributed by atoms with van der Waals surface area (Å²) in [7, 11) is -1.86. The molecular formula is C14H30O3Si.